The van der Waals surface area contributed by atoms with Crippen molar-refractivity contribution in [3.63, 3.8) is 0 Å². The van der Waals surface area contributed by atoms with Gasteiger partial charge in [0.05, 0.1) is 4.47 Å². The van der Waals surface area contributed by atoms with Crippen LogP contribution in [0.25, 0.3) is 0 Å². The molecule has 0 aromatic heterocycles. The molecule has 3 rings (SSSR count). The molecule has 0 radical (unpaired) electrons. The molecule has 2 aromatic rings. The second-order valence-electron chi connectivity index (χ2n) is 6.72. The Bertz CT molecular complexity index is 1030. The maximum absolute atomic E-state index is 12.6. The van der Waals surface area contributed by atoms with Crippen LogP contribution in [0.15, 0.2) is 51.4 Å². The number of hydrogen-bond acceptors (Lipinski definition) is 7. The van der Waals surface area contributed by atoms with Crippen LogP contribution in [0.2, 0.25) is 0 Å². The highest BCUT2D eigenvalue weighted by atomic mass is 79.9. The van der Waals surface area contributed by atoms with Gasteiger partial charge in [0.25, 0.3) is 5.91 Å². The van der Waals surface area contributed by atoms with Gasteiger partial charge < -0.3 is 19.3 Å². The lowest BCUT2D eigenvalue weighted by molar-refractivity contribution is -0.124. The van der Waals surface area contributed by atoms with E-state index in [0.717, 1.165) is 0 Å². The smallest absolute Gasteiger partial charge is 0.412 e. The van der Waals surface area contributed by atoms with Crippen LogP contribution in [-0.4, -0.2) is 29.1 Å². The minimum Gasteiger partial charge on any atom is -0.506 e. The fourth-order valence-corrected chi connectivity index (χ4v) is 4.27. The molecule has 170 valence electrons. The van der Waals surface area contributed by atoms with Gasteiger partial charge in [-0.05, 0) is 59.5 Å². The summed E-state index contributed by atoms with van der Waals surface area (Å²) in [5, 5.41) is 21.7. The van der Waals surface area contributed by atoms with Crippen molar-refractivity contribution in [1.82, 2.24) is 5.48 Å². The molecule has 4 N–H and O–H groups in total. The van der Waals surface area contributed by atoms with Gasteiger partial charge in [0.15, 0.2) is 11.5 Å². The number of phenolic OH excluding ortho intramolecular Hbond substituents is 1. The maximum atomic E-state index is 12.6. The zero-order valence-corrected chi connectivity index (χ0v) is 19.8. The van der Waals surface area contributed by atoms with Crippen molar-refractivity contribution in [2.45, 2.75) is 25.4 Å². The largest absolute Gasteiger partial charge is 0.506 e. The van der Waals surface area contributed by atoms with Gasteiger partial charge in [0, 0.05) is 27.9 Å². The van der Waals surface area contributed by atoms with E-state index in [9.17, 15) is 14.7 Å². The summed E-state index contributed by atoms with van der Waals surface area (Å²) >= 11 is 6.67. The molecule has 2 amide bonds. The molecular weight excluding hydrogens is 552 g/mol. The number of carbonyl (C=O) groups is 2. The van der Waals surface area contributed by atoms with Gasteiger partial charge in [0.2, 0.25) is 6.79 Å². The van der Waals surface area contributed by atoms with Gasteiger partial charge in [-0.25, -0.2) is 10.3 Å². The highest BCUT2D eigenvalue weighted by Crippen LogP contribution is 2.39. The standard InChI is InChI=1S/C21H20Br2N2O7/c22-12-8-14(20(27)15(23)9-12)16(4-2-1-3-5-19(26)25-29)32-21(28)24-13-6-7-17-18(10-13)31-11-30-17/h3,5-10,16,27,29H,1-2,4,11H2,(H,24,28)(H,25,26)/b5-3+/t16-/m1/s1. The highest BCUT2D eigenvalue weighted by molar-refractivity contribution is 9.11. The maximum Gasteiger partial charge on any atom is 0.412 e. The molecule has 0 saturated heterocycles. The number of anilines is 1. The molecule has 32 heavy (non-hydrogen) atoms. The van der Waals surface area contributed by atoms with Crippen LogP contribution in [0.3, 0.4) is 0 Å². The van der Waals surface area contributed by atoms with Crippen molar-refractivity contribution in [2.24, 2.45) is 0 Å². The zero-order valence-electron chi connectivity index (χ0n) is 16.6. The first-order chi connectivity index (χ1) is 15.4. The molecule has 0 bridgehead atoms. The Morgan fingerprint density at radius 2 is 1.97 bits per heavy atom. The van der Waals surface area contributed by atoms with Gasteiger partial charge in [0.1, 0.15) is 11.9 Å². The fraction of sp³-hybridized carbons (Fsp3) is 0.238. The van der Waals surface area contributed by atoms with E-state index >= 15 is 0 Å². The number of unbranched alkanes of at least 4 members (excludes halogenated alkanes) is 1. The number of halogens is 2. The summed E-state index contributed by atoms with van der Waals surface area (Å²) in [5.74, 6) is 0.444. The third kappa shape index (κ3) is 6.38. The molecule has 0 unspecified atom stereocenters. The number of benzene rings is 2. The summed E-state index contributed by atoms with van der Waals surface area (Å²) in [4.78, 5) is 23.6. The first-order valence-corrected chi connectivity index (χ1v) is 11.1. The molecule has 11 heteroatoms. The zero-order chi connectivity index (χ0) is 23.1. The number of allylic oxidation sites excluding steroid dienone is 1. The molecular formula is C21H20Br2N2O7. The number of nitrogens with one attached hydrogen (secondary N) is 2. The molecule has 0 saturated carbocycles. The Kier molecular flexibility index (Phi) is 8.37. The molecule has 9 nitrogen and oxygen atoms in total. The van der Waals surface area contributed by atoms with E-state index in [1.54, 1.807) is 36.4 Å². The predicted molar refractivity (Wildman–Crippen MR) is 122 cm³/mol. The predicted octanol–water partition coefficient (Wildman–Crippen LogP) is 5.17. The molecule has 2 aromatic carbocycles. The second kappa shape index (κ2) is 11.2. The number of ether oxygens (including phenoxy) is 3. The molecule has 1 atom stereocenters. The third-order valence-corrected chi connectivity index (χ3v) is 5.55. The van der Waals surface area contributed by atoms with Gasteiger partial charge in [-0.3, -0.25) is 15.3 Å². The van der Waals surface area contributed by atoms with E-state index < -0.39 is 18.1 Å². The number of rotatable bonds is 8. The molecule has 1 aliphatic rings. The number of hydroxylamine groups is 1. The number of hydrogen-bond donors (Lipinski definition) is 4. The molecule has 0 fully saturated rings. The Hall–Kier alpha value is -2.76. The summed E-state index contributed by atoms with van der Waals surface area (Å²) in [6.07, 6.45) is 2.73. The summed E-state index contributed by atoms with van der Waals surface area (Å²) in [6.45, 7) is 0.122. The van der Waals surface area contributed by atoms with Crippen LogP contribution >= 0.6 is 31.9 Å². The van der Waals surface area contributed by atoms with Crippen LogP contribution in [0.4, 0.5) is 10.5 Å². The van der Waals surface area contributed by atoms with Crippen molar-refractivity contribution < 1.29 is 34.1 Å². The topological polar surface area (TPSA) is 126 Å². The Morgan fingerprint density at radius 1 is 1.19 bits per heavy atom. The molecule has 1 heterocycles. The number of amides is 2. The van der Waals surface area contributed by atoms with Crippen molar-refractivity contribution in [3.05, 3.63) is 57.0 Å². The quantitative estimate of drug-likeness (QED) is 0.149. The minimum atomic E-state index is -0.766. The normalized spacial score (nSPS) is 13.1. The highest BCUT2D eigenvalue weighted by Gasteiger charge is 2.23. The van der Waals surface area contributed by atoms with E-state index in [0.29, 0.717) is 51.0 Å². The lowest BCUT2D eigenvalue weighted by Gasteiger charge is -2.20. The Labute approximate surface area is 200 Å². The summed E-state index contributed by atoms with van der Waals surface area (Å²) in [6, 6.07) is 8.32. The average Bonchev–Trinajstić information content (AvgIpc) is 3.22. The number of carbonyl (C=O) groups excluding carboxylic acids is 2. The number of phenols is 1. The average molecular weight is 572 g/mol. The van der Waals surface area contributed by atoms with E-state index in [-0.39, 0.29) is 12.5 Å². The molecule has 1 aliphatic heterocycles. The monoisotopic (exact) mass is 570 g/mol. The minimum absolute atomic E-state index is 0.0377. The lowest BCUT2D eigenvalue weighted by Crippen LogP contribution is -2.18. The van der Waals surface area contributed by atoms with Crippen molar-refractivity contribution >= 4 is 49.5 Å². The second-order valence-corrected chi connectivity index (χ2v) is 8.49. The van der Waals surface area contributed by atoms with Crippen LogP contribution < -0.4 is 20.3 Å². The first-order valence-electron chi connectivity index (χ1n) is 9.53. The lowest BCUT2D eigenvalue weighted by atomic mass is 10.0. The van der Waals surface area contributed by atoms with E-state index in [4.69, 9.17) is 19.4 Å². The molecule has 0 spiro atoms. The van der Waals surface area contributed by atoms with Gasteiger partial charge >= 0.3 is 6.09 Å². The molecule has 0 aliphatic carbocycles. The fourth-order valence-electron chi connectivity index (χ4n) is 3.01. The van der Waals surface area contributed by atoms with E-state index in [2.05, 4.69) is 37.2 Å². The van der Waals surface area contributed by atoms with Gasteiger partial charge in [-0.1, -0.05) is 22.0 Å². The summed E-state index contributed by atoms with van der Waals surface area (Å²) < 4.78 is 17.3. The summed E-state index contributed by atoms with van der Waals surface area (Å²) in [5.41, 5.74) is 2.40. The van der Waals surface area contributed by atoms with Crippen molar-refractivity contribution in [2.75, 3.05) is 12.1 Å². The van der Waals surface area contributed by atoms with Crippen LogP contribution in [0.5, 0.6) is 17.2 Å². The van der Waals surface area contributed by atoms with Crippen LogP contribution in [-0.2, 0) is 9.53 Å². The van der Waals surface area contributed by atoms with E-state index in [1.807, 2.05) is 0 Å². The van der Waals surface area contributed by atoms with Gasteiger partial charge in [-0.2, -0.15) is 0 Å². The van der Waals surface area contributed by atoms with Crippen LogP contribution in [0, 0.1) is 0 Å². The van der Waals surface area contributed by atoms with Crippen molar-refractivity contribution in [1.29, 1.82) is 0 Å². The number of fused-ring (bicyclic) bond motifs is 1. The SMILES string of the molecule is O=C(/C=C/CCC[C@@H](OC(=O)Nc1ccc2c(c1)OCO2)c1cc(Br)cc(Br)c1O)NO. The Morgan fingerprint density at radius 3 is 2.75 bits per heavy atom. The van der Waals surface area contributed by atoms with Crippen molar-refractivity contribution in [3.8, 4) is 17.2 Å². The van der Waals surface area contributed by atoms with E-state index in [1.165, 1.54) is 11.6 Å². The van der Waals surface area contributed by atoms with Crippen LogP contribution in [0.1, 0.15) is 30.9 Å². The third-order valence-electron chi connectivity index (χ3n) is 4.49. The number of aromatic hydroxyl groups is 1. The first kappa shape index (κ1) is 23.9. The Balaban J connectivity index is 1.70. The van der Waals surface area contributed by atoms with Gasteiger partial charge in [-0.15, -0.1) is 0 Å². The summed E-state index contributed by atoms with van der Waals surface area (Å²) in [7, 11) is 0.